The molecule has 1 aliphatic rings. The first-order valence-corrected chi connectivity index (χ1v) is 8.76. The van der Waals surface area contributed by atoms with Crippen LogP contribution in [0.3, 0.4) is 0 Å². The van der Waals surface area contributed by atoms with E-state index < -0.39 is 17.6 Å². The molecule has 2 rings (SSSR count). The summed E-state index contributed by atoms with van der Waals surface area (Å²) in [6.45, 7) is 3.15. The second kappa shape index (κ2) is 11.4. The zero-order chi connectivity index (χ0) is 19.9. The Hall–Kier alpha value is -1.56. The lowest BCUT2D eigenvalue weighted by molar-refractivity contribution is -0.137. The molecular weight excluding hydrogens is 488 g/mol. The smallest absolute Gasteiger partial charge is 0.381 e. The first-order chi connectivity index (χ1) is 12.8. The van der Waals surface area contributed by atoms with Gasteiger partial charge < -0.3 is 20.3 Å². The third kappa shape index (κ3) is 7.46. The van der Waals surface area contributed by atoms with Gasteiger partial charge in [-0.1, -0.05) is 0 Å². The van der Waals surface area contributed by atoms with Gasteiger partial charge >= 0.3 is 6.18 Å². The van der Waals surface area contributed by atoms with Gasteiger partial charge in [0.25, 0.3) is 5.91 Å². The molecule has 0 aromatic heterocycles. The molecule has 1 unspecified atom stereocenters. The number of rotatable bonds is 6. The Kier molecular flexibility index (Phi) is 10.0. The average molecular weight is 514 g/mol. The van der Waals surface area contributed by atoms with Crippen LogP contribution in [0.4, 0.5) is 13.2 Å². The van der Waals surface area contributed by atoms with E-state index in [9.17, 15) is 18.0 Å². The molecule has 0 radical (unpaired) electrons. The molecule has 0 saturated carbocycles. The fourth-order valence-electron chi connectivity index (χ4n) is 2.85. The molecule has 0 spiro atoms. The highest BCUT2D eigenvalue weighted by atomic mass is 127. The summed E-state index contributed by atoms with van der Waals surface area (Å²) in [5.74, 6) is 0.774. The molecule has 1 aromatic carbocycles. The van der Waals surface area contributed by atoms with Crippen LogP contribution < -0.4 is 10.6 Å². The van der Waals surface area contributed by atoms with E-state index in [-0.39, 0.29) is 29.5 Å². The van der Waals surface area contributed by atoms with E-state index in [0.29, 0.717) is 25.0 Å². The number of nitrogens with zero attached hydrogens (tertiary/aromatic N) is 2. The molecule has 1 fully saturated rings. The summed E-state index contributed by atoms with van der Waals surface area (Å²) in [5, 5.41) is 5.82. The fourth-order valence-corrected chi connectivity index (χ4v) is 2.85. The van der Waals surface area contributed by atoms with Crippen molar-refractivity contribution in [2.24, 2.45) is 10.9 Å². The molecule has 6 nitrogen and oxygen atoms in total. The van der Waals surface area contributed by atoms with Gasteiger partial charge in [0.15, 0.2) is 5.96 Å². The van der Waals surface area contributed by atoms with E-state index in [1.807, 2.05) is 11.9 Å². The Balaban J connectivity index is 0.00000392. The van der Waals surface area contributed by atoms with Crippen molar-refractivity contribution in [2.75, 3.05) is 46.9 Å². The molecule has 10 heteroatoms. The minimum atomic E-state index is -4.41. The largest absolute Gasteiger partial charge is 0.416 e. The van der Waals surface area contributed by atoms with Crippen LogP contribution in [-0.4, -0.2) is 63.7 Å². The minimum Gasteiger partial charge on any atom is -0.381 e. The number of guanidine groups is 1. The molecule has 1 amide bonds. The Labute approximate surface area is 179 Å². The van der Waals surface area contributed by atoms with E-state index >= 15 is 0 Å². The Morgan fingerprint density at radius 1 is 1.25 bits per heavy atom. The second-order valence-electron chi connectivity index (χ2n) is 6.42. The second-order valence-corrected chi connectivity index (χ2v) is 6.42. The van der Waals surface area contributed by atoms with Gasteiger partial charge in [-0.2, -0.15) is 13.2 Å². The van der Waals surface area contributed by atoms with Crippen LogP contribution >= 0.6 is 24.0 Å². The number of carbonyl (C=O) groups is 1. The number of ether oxygens (including phenoxy) is 1. The van der Waals surface area contributed by atoms with Crippen LogP contribution in [0.2, 0.25) is 0 Å². The van der Waals surface area contributed by atoms with Crippen LogP contribution in [0.25, 0.3) is 0 Å². The van der Waals surface area contributed by atoms with E-state index in [2.05, 4.69) is 15.6 Å². The van der Waals surface area contributed by atoms with E-state index in [0.717, 1.165) is 38.3 Å². The Morgan fingerprint density at radius 3 is 2.43 bits per heavy atom. The molecule has 1 heterocycles. The number of benzene rings is 1. The van der Waals surface area contributed by atoms with Crippen molar-refractivity contribution in [3.63, 3.8) is 0 Å². The maximum Gasteiger partial charge on any atom is 0.416 e. The summed E-state index contributed by atoms with van der Waals surface area (Å²) in [6, 6.07) is 4.14. The summed E-state index contributed by atoms with van der Waals surface area (Å²) in [6.07, 6.45) is -3.38. The van der Waals surface area contributed by atoms with Crippen LogP contribution in [0.15, 0.2) is 29.3 Å². The standard InChI is InChI=1S/C18H25F3N4O2.HI/c1-22-17(25(2)11-13-7-10-27-12-13)24-9-8-23-16(26)14-3-5-15(6-4-14)18(19,20)21;/h3-6,13H,7-12H2,1-2H3,(H,22,24)(H,23,26);1H. The molecule has 1 aliphatic heterocycles. The molecule has 1 atom stereocenters. The minimum absolute atomic E-state index is 0. The molecular formula is C18H26F3IN4O2. The van der Waals surface area contributed by atoms with Crippen molar-refractivity contribution in [3.8, 4) is 0 Å². The number of hydrogen-bond donors (Lipinski definition) is 2. The summed E-state index contributed by atoms with van der Waals surface area (Å²) in [4.78, 5) is 18.2. The number of nitrogens with one attached hydrogen (secondary N) is 2. The van der Waals surface area contributed by atoms with Crippen LogP contribution in [-0.2, 0) is 10.9 Å². The predicted molar refractivity (Wildman–Crippen MR) is 112 cm³/mol. The summed E-state index contributed by atoms with van der Waals surface area (Å²) in [7, 11) is 3.62. The van der Waals surface area contributed by atoms with Gasteiger partial charge in [-0.25, -0.2) is 0 Å². The first kappa shape index (κ1) is 24.5. The number of carbonyl (C=O) groups excluding carboxylic acids is 1. The van der Waals surface area contributed by atoms with Crippen molar-refractivity contribution >= 4 is 35.8 Å². The van der Waals surface area contributed by atoms with Gasteiger partial charge in [0.1, 0.15) is 0 Å². The van der Waals surface area contributed by atoms with Gasteiger partial charge in [-0.3, -0.25) is 9.79 Å². The predicted octanol–water partition coefficient (Wildman–Crippen LogP) is 2.60. The Morgan fingerprint density at radius 2 is 1.89 bits per heavy atom. The molecule has 0 bridgehead atoms. The zero-order valence-corrected chi connectivity index (χ0v) is 18.2. The number of halogens is 4. The van der Waals surface area contributed by atoms with Gasteiger partial charge in [-0.15, -0.1) is 24.0 Å². The molecule has 1 saturated heterocycles. The lowest BCUT2D eigenvalue weighted by Crippen LogP contribution is -2.44. The van der Waals surface area contributed by atoms with E-state index in [1.54, 1.807) is 7.05 Å². The van der Waals surface area contributed by atoms with Gasteiger partial charge in [-0.05, 0) is 30.7 Å². The highest BCUT2D eigenvalue weighted by Crippen LogP contribution is 2.29. The third-order valence-electron chi connectivity index (χ3n) is 4.30. The fraction of sp³-hybridized carbons (Fsp3) is 0.556. The van der Waals surface area contributed by atoms with E-state index in [4.69, 9.17) is 4.74 Å². The monoisotopic (exact) mass is 514 g/mol. The summed E-state index contributed by atoms with van der Waals surface area (Å²) in [5.41, 5.74) is -0.592. The highest BCUT2D eigenvalue weighted by molar-refractivity contribution is 14.0. The van der Waals surface area contributed by atoms with Gasteiger partial charge in [0, 0.05) is 51.8 Å². The lowest BCUT2D eigenvalue weighted by atomic mass is 10.1. The lowest BCUT2D eigenvalue weighted by Gasteiger charge is -2.24. The number of aliphatic imine (C=N–C) groups is 1. The summed E-state index contributed by atoms with van der Waals surface area (Å²) >= 11 is 0. The number of alkyl halides is 3. The van der Waals surface area contributed by atoms with Crippen LogP contribution in [0, 0.1) is 5.92 Å². The summed E-state index contributed by atoms with van der Waals surface area (Å²) < 4.78 is 43.0. The molecule has 0 aliphatic carbocycles. The quantitative estimate of drug-likeness (QED) is 0.265. The first-order valence-electron chi connectivity index (χ1n) is 8.76. The SMILES string of the molecule is CN=C(NCCNC(=O)c1ccc(C(F)(F)F)cc1)N(C)CC1CCOC1.I. The van der Waals surface area contributed by atoms with Crippen molar-refractivity contribution < 1.29 is 22.7 Å². The highest BCUT2D eigenvalue weighted by Gasteiger charge is 2.30. The Bertz CT molecular complexity index is 647. The average Bonchev–Trinajstić information content (AvgIpc) is 3.13. The maximum absolute atomic E-state index is 12.5. The van der Waals surface area contributed by atoms with Gasteiger partial charge in [0.2, 0.25) is 0 Å². The topological polar surface area (TPSA) is 66.0 Å². The number of hydrogen-bond acceptors (Lipinski definition) is 3. The van der Waals surface area contributed by atoms with Crippen molar-refractivity contribution in [3.05, 3.63) is 35.4 Å². The van der Waals surface area contributed by atoms with E-state index in [1.165, 1.54) is 12.1 Å². The molecule has 28 heavy (non-hydrogen) atoms. The van der Waals surface area contributed by atoms with Crippen molar-refractivity contribution in [2.45, 2.75) is 12.6 Å². The third-order valence-corrected chi connectivity index (χ3v) is 4.30. The molecule has 2 N–H and O–H groups in total. The maximum atomic E-state index is 12.5. The van der Waals surface area contributed by atoms with Gasteiger partial charge in [0.05, 0.1) is 12.2 Å². The van der Waals surface area contributed by atoms with Crippen molar-refractivity contribution in [1.82, 2.24) is 15.5 Å². The number of amides is 1. The normalized spacial score (nSPS) is 17.0. The van der Waals surface area contributed by atoms with Crippen LogP contribution in [0.5, 0.6) is 0 Å². The van der Waals surface area contributed by atoms with Crippen LogP contribution in [0.1, 0.15) is 22.3 Å². The zero-order valence-electron chi connectivity index (χ0n) is 15.9. The molecule has 1 aromatic rings. The molecule has 158 valence electrons. The van der Waals surface area contributed by atoms with Crippen molar-refractivity contribution in [1.29, 1.82) is 0 Å².